The molecular weight excluding hydrogens is 338 g/mol. The van der Waals surface area contributed by atoms with E-state index < -0.39 is 0 Å². The van der Waals surface area contributed by atoms with Crippen LogP contribution in [-0.2, 0) is 0 Å². The van der Waals surface area contributed by atoms with Crippen molar-refractivity contribution >= 4 is 37.6 Å². The quantitative estimate of drug-likeness (QED) is 0.819. The topological polar surface area (TPSA) is 53.1 Å². The van der Waals surface area contributed by atoms with E-state index in [1.807, 2.05) is 0 Å². The maximum absolute atomic E-state index is 12.0. The Labute approximate surface area is 109 Å². The standard InChI is InChI=1S/C11H7Br2NO2/c12-7-5-8(14-11(7)13)10(16)6-3-1-2-4-9(6)15/h1-5,14-15H. The van der Waals surface area contributed by atoms with Gasteiger partial charge in [-0.05, 0) is 50.1 Å². The van der Waals surface area contributed by atoms with Crippen LogP contribution in [-0.4, -0.2) is 15.9 Å². The first kappa shape index (κ1) is 11.4. The van der Waals surface area contributed by atoms with Crippen LogP contribution in [0.3, 0.4) is 0 Å². The monoisotopic (exact) mass is 343 g/mol. The molecule has 0 aliphatic rings. The molecule has 0 saturated carbocycles. The fraction of sp³-hybridized carbons (Fsp3) is 0. The molecule has 16 heavy (non-hydrogen) atoms. The molecule has 0 radical (unpaired) electrons. The predicted molar refractivity (Wildman–Crippen MR) is 67.7 cm³/mol. The predicted octanol–water partition coefficient (Wildman–Crippen LogP) is 3.48. The maximum atomic E-state index is 12.0. The number of aromatic hydroxyl groups is 1. The number of aromatic nitrogens is 1. The van der Waals surface area contributed by atoms with Crippen molar-refractivity contribution in [3.05, 3.63) is 50.7 Å². The summed E-state index contributed by atoms with van der Waals surface area (Å²) in [4.78, 5) is 14.9. The molecule has 82 valence electrons. The molecule has 0 aliphatic carbocycles. The van der Waals surface area contributed by atoms with Gasteiger partial charge in [0.25, 0.3) is 0 Å². The molecule has 2 N–H and O–H groups in total. The fourth-order valence-electron chi connectivity index (χ4n) is 1.34. The normalized spacial score (nSPS) is 10.4. The Morgan fingerprint density at radius 1 is 1.25 bits per heavy atom. The minimum atomic E-state index is -0.246. The number of ketones is 1. The van der Waals surface area contributed by atoms with E-state index in [4.69, 9.17) is 0 Å². The van der Waals surface area contributed by atoms with Crippen molar-refractivity contribution < 1.29 is 9.90 Å². The zero-order chi connectivity index (χ0) is 11.7. The molecule has 0 atom stereocenters. The first-order valence-electron chi connectivity index (χ1n) is 4.46. The van der Waals surface area contributed by atoms with E-state index in [0.717, 1.165) is 4.47 Å². The lowest BCUT2D eigenvalue weighted by Crippen LogP contribution is -2.01. The Morgan fingerprint density at radius 3 is 2.50 bits per heavy atom. The number of carbonyl (C=O) groups is 1. The Bertz CT molecular complexity index is 529. The van der Waals surface area contributed by atoms with Crippen LogP contribution < -0.4 is 0 Å². The molecule has 0 unspecified atom stereocenters. The minimum Gasteiger partial charge on any atom is -0.507 e. The van der Waals surface area contributed by atoms with Gasteiger partial charge < -0.3 is 10.1 Å². The number of phenolic OH excluding ortho intramolecular Hbond substituents is 1. The Kier molecular flexibility index (Phi) is 3.16. The molecule has 1 heterocycles. The van der Waals surface area contributed by atoms with E-state index >= 15 is 0 Å². The van der Waals surface area contributed by atoms with E-state index in [-0.39, 0.29) is 17.1 Å². The van der Waals surface area contributed by atoms with Gasteiger partial charge in [-0.15, -0.1) is 0 Å². The molecule has 0 fully saturated rings. The van der Waals surface area contributed by atoms with Gasteiger partial charge >= 0.3 is 0 Å². The highest BCUT2D eigenvalue weighted by atomic mass is 79.9. The number of phenols is 1. The number of hydrogen-bond donors (Lipinski definition) is 2. The van der Waals surface area contributed by atoms with Crippen molar-refractivity contribution in [3.63, 3.8) is 0 Å². The Hall–Kier alpha value is -1.07. The second-order valence-corrected chi connectivity index (χ2v) is 4.84. The third-order valence-corrected chi connectivity index (χ3v) is 3.90. The van der Waals surface area contributed by atoms with E-state index in [0.29, 0.717) is 10.3 Å². The highest BCUT2D eigenvalue weighted by Crippen LogP contribution is 2.26. The molecule has 0 amide bonds. The van der Waals surface area contributed by atoms with Gasteiger partial charge in [-0.1, -0.05) is 12.1 Å². The van der Waals surface area contributed by atoms with E-state index in [2.05, 4.69) is 36.8 Å². The molecule has 1 aromatic heterocycles. The van der Waals surface area contributed by atoms with Gasteiger partial charge in [-0.3, -0.25) is 4.79 Å². The highest BCUT2D eigenvalue weighted by molar-refractivity contribution is 9.13. The van der Waals surface area contributed by atoms with Crippen molar-refractivity contribution in [1.82, 2.24) is 4.98 Å². The molecule has 2 rings (SSSR count). The summed E-state index contributed by atoms with van der Waals surface area (Å²) in [6.07, 6.45) is 0. The van der Waals surface area contributed by atoms with Gasteiger partial charge in [0.05, 0.1) is 20.3 Å². The van der Waals surface area contributed by atoms with Crippen LogP contribution in [0.25, 0.3) is 0 Å². The van der Waals surface area contributed by atoms with Crippen molar-refractivity contribution in [2.24, 2.45) is 0 Å². The number of aromatic amines is 1. The Balaban J connectivity index is 2.43. The van der Waals surface area contributed by atoms with Gasteiger partial charge in [-0.25, -0.2) is 0 Å². The third-order valence-electron chi connectivity index (χ3n) is 2.12. The second kappa shape index (κ2) is 4.43. The molecule has 3 nitrogen and oxygen atoms in total. The lowest BCUT2D eigenvalue weighted by molar-refractivity contribution is 0.103. The summed E-state index contributed by atoms with van der Waals surface area (Å²) >= 11 is 6.54. The summed E-state index contributed by atoms with van der Waals surface area (Å²) in [5, 5.41) is 9.56. The number of H-pyrrole nitrogens is 1. The second-order valence-electron chi connectivity index (χ2n) is 3.19. The summed E-state index contributed by atoms with van der Waals surface area (Å²) in [7, 11) is 0. The van der Waals surface area contributed by atoms with Crippen molar-refractivity contribution in [2.75, 3.05) is 0 Å². The van der Waals surface area contributed by atoms with Gasteiger partial charge in [0.1, 0.15) is 5.75 Å². The van der Waals surface area contributed by atoms with Crippen LogP contribution in [0, 0.1) is 0 Å². The van der Waals surface area contributed by atoms with Crippen molar-refractivity contribution in [1.29, 1.82) is 0 Å². The largest absolute Gasteiger partial charge is 0.507 e. The van der Waals surface area contributed by atoms with Gasteiger partial charge in [0, 0.05) is 0 Å². The highest BCUT2D eigenvalue weighted by Gasteiger charge is 2.15. The van der Waals surface area contributed by atoms with E-state index in [9.17, 15) is 9.90 Å². The number of rotatable bonds is 2. The smallest absolute Gasteiger partial charge is 0.212 e. The molecule has 0 saturated heterocycles. The van der Waals surface area contributed by atoms with Crippen LogP contribution in [0.5, 0.6) is 5.75 Å². The fourth-order valence-corrected chi connectivity index (χ4v) is 1.99. The summed E-state index contributed by atoms with van der Waals surface area (Å²) in [5.41, 5.74) is 0.698. The molecule has 1 aromatic carbocycles. The summed E-state index contributed by atoms with van der Waals surface area (Å²) in [5.74, 6) is -0.265. The zero-order valence-corrected chi connectivity index (χ0v) is 11.2. The van der Waals surface area contributed by atoms with E-state index in [1.165, 1.54) is 6.07 Å². The first-order chi connectivity index (χ1) is 7.59. The van der Waals surface area contributed by atoms with Crippen molar-refractivity contribution in [2.45, 2.75) is 0 Å². The summed E-state index contributed by atoms with van der Waals surface area (Å²) in [6.45, 7) is 0. The minimum absolute atomic E-state index is 0.0191. The maximum Gasteiger partial charge on any atom is 0.212 e. The zero-order valence-electron chi connectivity index (χ0n) is 8.00. The van der Waals surface area contributed by atoms with Crippen molar-refractivity contribution in [3.8, 4) is 5.75 Å². The molecule has 0 aliphatic heterocycles. The average Bonchev–Trinajstić information content (AvgIpc) is 2.59. The molecule has 0 bridgehead atoms. The number of carbonyl (C=O) groups excluding carboxylic acids is 1. The third kappa shape index (κ3) is 2.05. The number of hydrogen-bond acceptors (Lipinski definition) is 2. The van der Waals surface area contributed by atoms with E-state index in [1.54, 1.807) is 24.3 Å². The molecule has 0 spiro atoms. The lowest BCUT2D eigenvalue weighted by atomic mass is 10.1. The number of halogens is 2. The molecule has 5 heteroatoms. The lowest BCUT2D eigenvalue weighted by Gasteiger charge is -2.00. The van der Waals surface area contributed by atoms with Crippen LogP contribution in [0.2, 0.25) is 0 Å². The number of benzene rings is 1. The van der Waals surface area contributed by atoms with Gasteiger partial charge in [0.2, 0.25) is 5.78 Å². The summed E-state index contributed by atoms with van der Waals surface area (Å²) < 4.78 is 1.47. The summed E-state index contributed by atoms with van der Waals surface area (Å²) in [6, 6.07) is 8.12. The molecular formula is C11H7Br2NO2. The number of nitrogens with one attached hydrogen (secondary N) is 1. The average molecular weight is 345 g/mol. The molecule has 2 aromatic rings. The Morgan fingerprint density at radius 2 is 1.94 bits per heavy atom. The van der Waals surface area contributed by atoms with Gasteiger partial charge in [0.15, 0.2) is 0 Å². The number of para-hydroxylation sites is 1. The van der Waals surface area contributed by atoms with Crippen LogP contribution in [0.15, 0.2) is 39.4 Å². The van der Waals surface area contributed by atoms with Crippen LogP contribution in [0.4, 0.5) is 0 Å². The van der Waals surface area contributed by atoms with Gasteiger partial charge in [-0.2, -0.15) is 0 Å². The first-order valence-corrected chi connectivity index (χ1v) is 6.05. The SMILES string of the molecule is O=C(c1cc(Br)c(Br)[nH]1)c1ccccc1O. The van der Waals surface area contributed by atoms with Crippen LogP contribution in [0.1, 0.15) is 16.1 Å². The van der Waals surface area contributed by atoms with Crippen LogP contribution >= 0.6 is 31.9 Å².